The molecule has 0 unspecified atom stereocenters. The number of pyridine rings is 2. The molecule has 0 atom stereocenters. The number of aryl methyl sites for hydroxylation is 2. The smallest absolute Gasteiger partial charge is 0.416 e. The summed E-state index contributed by atoms with van der Waals surface area (Å²) in [7, 11) is 0. The number of carboxylic acid groups (broad SMARTS) is 1. The summed E-state index contributed by atoms with van der Waals surface area (Å²) in [5.74, 6) is -0.985. The van der Waals surface area contributed by atoms with E-state index >= 15 is 0 Å². The lowest BCUT2D eigenvalue weighted by Gasteiger charge is -2.28. The Morgan fingerprint density at radius 1 is 0.623 bits per heavy atom. The van der Waals surface area contributed by atoms with Crippen LogP contribution in [0.4, 0.5) is 35.1 Å². The molecule has 6 aromatic rings. The molecule has 2 aromatic carbocycles. The monoisotopic (exact) mass is 1080 g/mol. The highest BCUT2D eigenvalue weighted by atomic mass is 19.4. The topological polar surface area (TPSA) is 181 Å². The van der Waals surface area contributed by atoms with Crippen LogP contribution >= 0.6 is 0 Å². The van der Waals surface area contributed by atoms with Crippen molar-refractivity contribution in [1.82, 2.24) is 24.4 Å². The Hall–Kier alpha value is -6.90. The maximum atomic E-state index is 13.4. The lowest BCUT2D eigenvalue weighted by molar-refractivity contribution is -0.145. The third-order valence-corrected chi connectivity index (χ3v) is 13.8. The van der Waals surface area contributed by atoms with Gasteiger partial charge in [0.15, 0.2) is 0 Å². The van der Waals surface area contributed by atoms with Gasteiger partial charge in [-0.1, -0.05) is 24.3 Å². The predicted octanol–water partition coefficient (Wildman–Crippen LogP) is 11.6. The fourth-order valence-corrected chi connectivity index (χ4v) is 9.86. The first-order chi connectivity index (χ1) is 36.7. The van der Waals surface area contributed by atoms with E-state index in [-0.39, 0.29) is 61.3 Å². The van der Waals surface area contributed by atoms with E-state index in [0.29, 0.717) is 82.3 Å². The highest BCUT2D eigenvalue weighted by Crippen LogP contribution is 2.34. The molecule has 0 bridgehead atoms. The Bertz CT molecular complexity index is 2910. The average molecular weight is 1090 g/mol. The van der Waals surface area contributed by atoms with E-state index in [1.807, 2.05) is 6.92 Å². The molecule has 2 aliphatic carbocycles. The van der Waals surface area contributed by atoms with Crippen LogP contribution in [0, 0.1) is 11.8 Å². The number of fused-ring (bicyclic) bond motifs is 2. The van der Waals surface area contributed by atoms with Crippen LogP contribution in [0.25, 0.3) is 22.1 Å². The maximum Gasteiger partial charge on any atom is 0.416 e. The van der Waals surface area contributed by atoms with Gasteiger partial charge in [0.05, 0.1) is 48.6 Å². The van der Waals surface area contributed by atoms with Crippen molar-refractivity contribution in [3.63, 3.8) is 0 Å². The van der Waals surface area contributed by atoms with Gasteiger partial charge in [-0.15, -0.1) is 0 Å². The largest absolute Gasteiger partial charge is 0.478 e. The third kappa shape index (κ3) is 16.6. The number of nitrogens with one attached hydrogen (secondary N) is 1. The van der Waals surface area contributed by atoms with Crippen molar-refractivity contribution < 1.29 is 68.9 Å². The number of hydrogen-bond donors (Lipinski definition) is 3. The predicted molar refractivity (Wildman–Crippen MR) is 273 cm³/mol. The summed E-state index contributed by atoms with van der Waals surface area (Å²) in [6, 6.07) is 13.2. The van der Waals surface area contributed by atoms with Crippen molar-refractivity contribution in [2.75, 3.05) is 26.6 Å². The highest BCUT2D eigenvalue weighted by Gasteiger charge is 2.32. The Morgan fingerprint density at radius 3 is 1.42 bits per heavy atom. The van der Waals surface area contributed by atoms with Crippen molar-refractivity contribution in [1.29, 1.82) is 0 Å². The van der Waals surface area contributed by atoms with Crippen molar-refractivity contribution in [3.05, 3.63) is 130 Å². The molecule has 8 rings (SSSR count). The lowest BCUT2D eigenvalue weighted by atomic mass is 9.84. The second-order valence-corrected chi connectivity index (χ2v) is 19.2. The molecule has 4 N–H and O–H groups in total. The summed E-state index contributed by atoms with van der Waals surface area (Å²) in [5, 5.41) is 13.4. The molecule has 4 heterocycles. The van der Waals surface area contributed by atoms with Gasteiger partial charge in [-0.05, 0) is 149 Å². The summed E-state index contributed by atoms with van der Waals surface area (Å²) >= 11 is 0. The number of benzene rings is 2. The van der Waals surface area contributed by atoms with Crippen LogP contribution in [-0.2, 0) is 57.3 Å². The molecule has 2 saturated carbocycles. The number of nitrogens with two attached hydrogens (primary N) is 1. The van der Waals surface area contributed by atoms with E-state index in [1.54, 1.807) is 36.0 Å². The van der Waals surface area contributed by atoms with Crippen molar-refractivity contribution >= 4 is 45.9 Å². The molecule has 21 heteroatoms. The van der Waals surface area contributed by atoms with Gasteiger partial charge in [0.25, 0.3) is 5.91 Å². The number of esters is 2. The highest BCUT2D eigenvalue weighted by molar-refractivity contribution is 6.07. The minimum atomic E-state index is -4.42. The fourth-order valence-electron chi connectivity index (χ4n) is 9.86. The minimum absolute atomic E-state index is 0.0107. The van der Waals surface area contributed by atoms with Crippen LogP contribution in [-0.4, -0.2) is 86.7 Å². The molecule has 0 spiro atoms. The molecular weight excluding hydrogens is 1020 g/mol. The molecule has 13 nitrogen and oxygen atoms in total. The van der Waals surface area contributed by atoms with Gasteiger partial charge in [0.2, 0.25) is 0 Å². The van der Waals surface area contributed by atoms with Crippen LogP contribution in [0.5, 0.6) is 0 Å². The molecule has 0 saturated heterocycles. The Morgan fingerprint density at radius 2 is 1.03 bits per heavy atom. The average Bonchev–Trinajstić information content (AvgIpc) is 3.96. The van der Waals surface area contributed by atoms with E-state index in [1.165, 1.54) is 41.2 Å². The number of aromatic nitrogens is 4. The Labute approximate surface area is 440 Å². The summed E-state index contributed by atoms with van der Waals surface area (Å²) in [6.07, 6.45) is 5.95. The van der Waals surface area contributed by atoms with Crippen LogP contribution in [0.2, 0.25) is 0 Å². The molecule has 2 fully saturated rings. The molecule has 416 valence electrons. The van der Waals surface area contributed by atoms with Gasteiger partial charge in [-0.3, -0.25) is 14.4 Å². The number of amides is 1. The zero-order chi connectivity index (χ0) is 55.9. The second kappa shape index (κ2) is 27.4. The van der Waals surface area contributed by atoms with E-state index in [4.69, 9.17) is 15.2 Å². The molecule has 0 radical (unpaired) electrons. The maximum absolute atomic E-state index is 13.4. The van der Waals surface area contributed by atoms with E-state index in [2.05, 4.69) is 15.3 Å². The van der Waals surface area contributed by atoms with E-state index < -0.39 is 42.8 Å². The number of rotatable bonds is 17. The van der Waals surface area contributed by atoms with Crippen LogP contribution in [0.15, 0.2) is 85.5 Å². The third-order valence-electron chi connectivity index (χ3n) is 13.8. The number of carbonyl (C=O) groups excluding carboxylic acids is 3. The van der Waals surface area contributed by atoms with Crippen molar-refractivity contribution in [3.8, 4) is 0 Å². The summed E-state index contributed by atoms with van der Waals surface area (Å²) in [6.45, 7) is 3.16. The molecule has 77 heavy (non-hydrogen) atoms. The van der Waals surface area contributed by atoms with Crippen LogP contribution < -0.4 is 11.1 Å². The van der Waals surface area contributed by atoms with Crippen LogP contribution in [0.3, 0.4) is 0 Å². The molecule has 2 aliphatic rings. The number of hydrogen-bond acceptors (Lipinski definition) is 9. The first-order valence-electron chi connectivity index (χ1n) is 25.7. The van der Waals surface area contributed by atoms with Gasteiger partial charge in [-0.25, -0.2) is 23.5 Å². The number of alkyl halides is 8. The molecular formula is C56H64F8N6O7. The summed E-state index contributed by atoms with van der Waals surface area (Å²) in [4.78, 5) is 56.4. The molecule has 4 aromatic heterocycles. The van der Waals surface area contributed by atoms with Crippen molar-refractivity contribution in [2.24, 2.45) is 17.6 Å². The normalized spacial score (nSPS) is 17.6. The number of carboxylic acids is 1. The summed E-state index contributed by atoms with van der Waals surface area (Å²) < 4.78 is 116. The Balaban J connectivity index is 0.000000211. The molecule has 1 amide bonds. The Kier molecular flexibility index (Phi) is 21.1. The number of nitrogens with zero attached hydrogens (tertiary/aromatic N) is 4. The summed E-state index contributed by atoms with van der Waals surface area (Å²) in [5.41, 5.74) is 8.00. The zero-order valence-corrected chi connectivity index (χ0v) is 42.9. The SMILES string of the molecule is CCOC(=O)CC1CCC(N)CC1.CCOC(=O)CC1CCC(NC(=O)c2cn(CCF)c3nccc(Cc4ccc(C(F)(F)F)cc4)c23)CC1.O=C(O)c1cn(CCF)c2nccc(Cc3ccc(C(F)(F)F)cc3)c12. The fraction of sp³-hybridized carbons (Fsp3) is 0.464. The van der Waals surface area contributed by atoms with Gasteiger partial charge >= 0.3 is 30.3 Å². The number of aromatic carboxylic acids is 1. The lowest BCUT2D eigenvalue weighted by Crippen LogP contribution is -2.38. The number of carbonyl (C=O) groups is 4. The van der Waals surface area contributed by atoms with Crippen molar-refractivity contribution in [2.45, 2.75) is 128 Å². The van der Waals surface area contributed by atoms with Gasteiger partial charge in [0, 0.05) is 60.5 Å². The first kappa shape index (κ1) is 59.3. The minimum Gasteiger partial charge on any atom is -0.478 e. The zero-order valence-electron chi connectivity index (χ0n) is 42.9. The standard InChI is InChI=1S/C28H31F4N3O3.C18H14F4N2O2.C10H19NO2/c1-2-38-24(36)16-19-5-9-22(10-6-19)34-27(37)23-17-35(14-12-29)26-25(23)20(11-13-33-26)15-18-3-7-21(8-4-18)28(30,31)32;19-6-8-24-10-14(17(25)26)15-12(5-7-23-16(15)24)9-11-1-3-13(4-2-11)18(20,21)22;1-2-13-10(12)7-8-3-5-9(11)6-4-8/h3-4,7-8,11,13,17,19,22H,2,5-6,9-10,12,14-16H2,1H3,(H,34,37);1-5,7,10H,6,8-9H2,(H,25,26);8-9H,2-7,11H2,1H3. The second-order valence-electron chi connectivity index (χ2n) is 19.2. The molecule has 0 aliphatic heterocycles. The van der Waals surface area contributed by atoms with Gasteiger partial charge in [-0.2, -0.15) is 26.3 Å². The van der Waals surface area contributed by atoms with Gasteiger partial charge < -0.3 is 34.8 Å². The number of ether oxygens (including phenoxy) is 2. The first-order valence-corrected chi connectivity index (χ1v) is 25.7. The van der Waals surface area contributed by atoms with Crippen LogP contribution in [0.1, 0.15) is 132 Å². The number of halogens is 8. The quantitative estimate of drug-likeness (QED) is 0.0587. The van der Waals surface area contributed by atoms with E-state index in [0.717, 1.165) is 81.2 Å². The van der Waals surface area contributed by atoms with E-state index in [9.17, 15) is 59.4 Å². The van der Waals surface area contributed by atoms with Gasteiger partial charge in [0.1, 0.15) is 24.6 Å².